The number of methoxy groups -OCH3 is 1. The highest BCUT2D eigenvalue weighted by Gasteiger charge is 2.30. The van der Waals surface area contributed by atoms with Crippen LogP contribution in [-0.4, -0.2) is 32.3 Å². The molecule has 0 heterocycles. The number of ether oxygens (including phenoxy) is 1. The Balaban J connectivity index is 2.61. The molecule has 1 aromatic rings. The Morgan fingerprint density at radius 3 is 2.45 bits per heavy atom. The third kappa shape index (κ3) is 5.93. The van der Waals surface area contributed by atoms with E-state index in [0.717, 1.165) is 12.1 Å². The summed E-state index contributed by atoms with van der Waals surface area (Å²) in [6.45, 7) is 4.60. The zero-order valence-electron chi connectivity index (χ0n) is 13.2. The summed E-state index contributed by atoms with van der Waals surface area (Å²) in [6.07, 6.45) is -4.33. The van der Waals surface area contributed by atoms with Gasteiger partial charge in [-0.1, -0.05) is 12.1 Å². The van der Waals surface area contributed by atoms with Crippen LogP contribution in [0.15, 0.2) is 29.3 Å². The van der Waals surface area contributed by atoms with E-state index in [2.05, 4.69) is 15.6 Å². The highest BCUT2D eigenvalue weighted by atomic mass is 19.4. The van der Waals surface area contributed by atoms with Crippen LogP contribution >= 0.6 is 0 Å². The third-order valence-electron chi connectivity index (χ3n) is 3.17. The topological polar surface area (TPSA) is 45.7 Å². The van der Waals surface area contributed by atoms with Crippen molar-refractivity contribution in [1.29, 1.82) is 0 Å². The number of aliphatic imine (C=N–C) groups is 1. The van der Waals surface area contributed by atoms with Crippen LogP contribution in [0.25, 0.3) is 0 Å². The van der Waals surface area contributed by atoms with E-state index in [9.17, 15) is 13.2 Å². The van der Waals surface area contributed by atoms with Crippen molar-refractivity contribution in [1.82, 2.24) is 10.6 Å². The summed E-state index contributed by atoms with van der Waals surface area (Å²) in [4.78, 5) is 4.03. The predicted octanol–water partition coefficient (Wildman–Crippen LogP) is 2.80. The van der Waals surface area contributed by atoms with E-state index >= 15 is 0 Å². The Kier molecular flexibility index (Phi) is 6.22. The van der Waals surface area contributed by atoms with Crippen LogP contribution in [0.2, 0.25) is 0 Å². The second-order valence-electron chi connectivity index (χ2n) is 5.44. The van der Waals surface area contributed by atoms with Gasteiger partial charge >= 0.3 is 6.18 Å². The van der Waals surface area contributed by atoms with Crippen molar-refractivity contribution < 1.29 is 17.9 Å². The lowest BCUT2D eigenvalue weighted by atomic mass is 10.1. The maximum absolute atomic E-state index is 12.7. The molecule has 4 nitrogen and oxygen atoms in total. The maximum atomic E-state index is 12.7. The Bertz CT molecular complexity index is 513. The summed E-state index contributed by atoms with van der Waals surface area (Å²) in [6, 6.07) is 5.20. The molecule has 0 fully saturated rings. The van der Waals surface area contributed by atoms with Gasteiger partial charge in [0.15, 0.2) is 5.96 Å². The fourth-order valence-corrected chi connectivity index (χ4v) is 1.63. The number of alkyl halides is 3. The molecular formula is C15H22F3N3O. The number of halogens is 3. The first-order valence-electron chi connectivity index (χ1n) is 6.84. The highest BCUT2D eigenvalue weighted by molar-refractivity contribution is 5.79. The lowest BCUT2D eigenvalue weighted by Crippen LogP contribution is -2.45. The van der Waals surface area contributed by atoms with Crippen molar-refractivity contribution in [3.8, 4) is 0 Å². The van der Waals surface area contributed by atoms with Gasteiger partial charge in [-0.25, -0.2) is 0 Å². The smallest absolute Gasteiger partial charge is 0.377 e. The summed E-state index contributed by atoms with van der Waals surface area (Å²) in [5.41, 5.74) is -0.493. The minimum Gasteiger partial charge on any atom is -0.377 e. The highest BCUT2D eigenvalue weighted by Crippen LogP contribution is 2.29. The third-order valence-corrected chi connectivity index (χ3v) is 3.17. The summed E-state index contributed by atoms with van der Waals surface area (Å²) in [5, 5.41) is 6.04. The molecule has 0 aliphatic heterocycles. The molecule has 7 heteroatoms. The number of nitrogens with one attached hydrogen (secondary N) is 2. The minimum absolute atomic E-state index is 0.247. The van der Waals surface area contributed by atoms with E-state index in [4.69, 9.17) is 4.74 Å². The van der Waals surface area contributed by atoms with E-state index < -0.39 is 11.7 Å². The number of nitrogens with zero attached hydrogens (tertiary/aromatic N) is 1. The van der Waals surface area contributed by atoms with Gasteiger partial charge in [0.05, 0.1) is 11.2 Å². The first kappa shape index (κ1) is 18.3. The van der Waals surface area contributed by atoms with Crippen molar-refractivity contribution in [3.05, 3.63) is 35.4 Å². The largest absolute Gasteiger partial charge is 0.416 e. The van der Waals surface area contributed by atoms with Gasteiger partial charge in [-0.2, -0.15) is 13.2 Å². The first-order chi connectivity index (χ1) is 10.2. The molecule has 0 saturated carbocycles. The average Bonchev–Trinajstić information content (AvgIpc) is 2.47. The molecule has 0 aromatic heterocycles. The maximum Gasteiger partial charge on any atom is 0.416 e. The van der Waals surface area contributed by atoms with Crippen LogP contribution in [0, 0.1) is 0 Å². The molecule has 1 rings (SSSR count). The molecule has 0 aliphatic rings. The molecule has 0 saturated heterocycles. The Morgan fingerprint density at radius 1 is 1.23 bits per heavy atom. The molecule has 0 radical (unpaired) electrons. The summed E-state index contributed by atoms with van der Waals surface area (Å²) >= 11 is 0. The summed E-state index contributed by atoms with van der Waals surface area (Å²) in [5.74, 6) is 0.502. The van der Waals surface area contributed by atoms with E-state index in [1.54, 1.807) is 20.2 Å². The molecule has 1 aromatic carbocycles. The van der Waals surface area contributed by atoms with Crippen molar-refractivity contribution in [2.75, 3.05) is 20.7 Å². The molecule has 0 bridgehead atoms. The SMILES string of the molecule is CN=C(NCc1cccc(C(F)(F)F)c1)NCC(C)(C)OC. The van der Waals surface area contributed by atoms with E-state index in [1.165, 1.54) is 6.07 Å². The molecule has 124 valence electrons. The lowest BCUT2D eigenvalue weighted by Gasteiger charge is -2.24. The standard InChI is InChI=1S/C15H22F3N3O/c1-14(2,22-4)10-21-13(19-3)20-9-11-6-5-7-12(8-11)15(16,17)18/h5-8H,9-10H2,1-4H3,(H2,19,20,21). The number of rotatable bonds is 5. The van der Waals surface area contributed by atoms with Gasteiger partial charge in [0.2, 0.25) is 0 Å². The van der Waals surface area contributed by atoms with Gasteiger partial charge in [-0.15, -0.1) is 0 Å². The van der Waals surface area contributed by atoms with Crippen molar-refractivity contribution in [3.63, 3.8) is 0 Å². The summed E-state index contributed by atoms with van der Waals surface area (Å²) in [7, 11) is 3.21. The van der Waals surface area contributed by atoms with Crippen LogP contribution in [-0.2, 0) is 17.5 Å². The van der Waals surface area contributed by atoms with Gasteiger partial charge in [0, 0.05) is 27.2 Å². The zero-order valence-corrected chi connectivity index (χ0v) is 13.2. The fourth-order valence-electron chi connectivity index (χ4n) is 1.63. The quantitative estimate of drug-likeness (QED) is 0.648. The molecule has 2 N–H and O–H groups in total. The van der Waals surface area contributed by atoms with Gasteiger partial charge in [-0.3, -0.25) is 4.99 Å². The number of hydrogen-bond donors (Lipinski definition) is 2. The van der Waals surface area contributed by atoms with Gasteiger partial charge in [0.25, 0.3) is 0 Å². The van der Waals surface area contributed by atoms with E-state index in [-0.39, 0.29) is 12.1 Å². The Hall–Kier alpha value is -1.76. The zero-order chi connectivity index (χ0) is 16.8. The number of benzene rings is 1. The normalized spacial score (nSPS) is 13.1. The second-order valence-corrected chi connectivity index (χ2v) is 5.44. The summed E-state index contributed by atoms with van der Waals surface area (Å²) < 4.78 is 43.2. The predicted molar refractivity (Wildman–Crippen MR) is 80.7 cm³/mol. The van der Waals surface area contributed by atoms with Crippen molar-refractivity contribution >= 4 is 5.96 Å². The monoisotopic (exact) mass is 317 g/mol. The lowest BCUT2D eigenvalue weighted by molar-refractivity contribution is -0.137. The van der Waals surface area contributed by atoms with Crippen LogP contribution in [0.5, 0.6) is 0 Å². The molecular weight excluding hydrogens is 295 g/mol. The number of hydrogen-bond acceptors (Lipinski definition) is 2. The first-order valence-corrected chi connectivity index (χ1v) is 6.84. The average molecular weight is 317 g/mol. The van der Waals surface area contributed by atoms with Crippen molar-refractivity contribution in [2.24, 2.45) is 4.99 Å². The van der Waals surface area contributed by atoms with Crippen LogP contribution in [0.4, 0.5) is 13.2 Å². The Labute approximate surface area is 128 Å². The van der Waals surface area contributed by atoms with Crippen LogP contribution in [0.1, 0.15) is 25.0 Å². The number of guanidine groups is 1. The van der Waals surface area contributed by atoms with Gasteiger partial charge < -0.3 is 15.4 Å². The molecule has 0 unspecified atom stereocenters. The van der Waals surface area contributed by atoms with Gasteiger partial charge in [-0.05, 0) is 31.5 Å². The van der Waals surface area contributed by atoms with Crippen LogP contribution < -0.4 is 10.6 Å². The van der Waals surface area contributed by atoms with E-state index in [1.807, 2.05) is 13.8 Å². The molecule has 0 spiro atoms. The molecule has 22 heavy (non-hydrogen) atoms. The van der Waals surface area contributed by atoms with Gasteiger partial charge in [0.1, 0.15) is 0 Å². The molecule has 0 aliphatic carbocycles. The molecule has 0 amide bonds. The fraction of sp³-hybridized carbons (Fsp3) is 0.533. The Morgan fingerprint density at radius 2 is 1.91 bits per heavy atom. The second kappa shape index (κ2) is 7.49. The molecule has 0 atom stereocenters. The van der Waals surface area contributed by atoms with Crippen molar-refractivity contribution in [2.45, 2.75) is 32.2 Å². The van der Waals surface area contributed by atoms with E-state index in [0.29, 0.717) is 18.1 Å². The minimum atomic E-state index is -4.33. The van der Waals surface area contributed by atoms with Crippen LogP contribution in [0.3, 0.4) is 0 Å².